The number of aryl methyl sites for hydroxylation is 1. The zero-order valence-electron chi connectivity index (χ0n) is 9.24. The Morgan fingerprint density at radius 3 is 2.94 bits per heavy atom. The number of nitrogens with zero attached hydrogens (tertiary/aromatic N) is 2. The molecular formula is C12H10N4O. The number of benzene rings is 1. The minimum atomic E-state index is -0.283. The average Bonchev–Trinajstić information content (AvgIpc) is 2.56. The van der Waals surface area contributed by atoms with E-state index in [1.807, 2.05) is 6.92 Å². The maximum absolute atomic E-state index is 11.8. The SMILES string of the molecule is CCc1nc2cc(=N)cc3c(=O)[nH]ncc1c23. The molecule has 2 N–H and O–H groups in total. The van der Waals surface area contributed by atoms with Crippen LogP contribution in [-0.4, -0.2) is 15.2 Å². The molecule has 3 rings (SSSR count). The van der Waals surface area contributed by atoms with Crippen LogP contribution in [0.3, 0.4) is 0 Å². The largest absolute Gasteiger partial charge is 0.301 e. The lowest BCUT2D eigenvalue weighted by Crippen LogP contribution is -2.07. The lowest BCUT2D eigenvalue weighted by Gasteiger charge is -1.90. The molecule has 0 spiro atoms. The highest BCUT2D eigenvalue weighted by atomic mass is 16.1. The van der Waals surface area contributed by atoms with Gasteiger partial charge < -0.3 is 5.41 Å². The molecule has 84 valence electrons. The van der Waals surface area contributed by atoms with Crippen LogP contribution in [0.2, 0.25) is 0 Å². The highest BCUT2D eigenvalue weighted by Crippen LogP contribution is 2.24. The predicted molar refractivity (Wildman–Crippen MR) is 64.1 cm³/mol. The summed E-state index contributed by atoms with van der Waals surface area (Å²) in [5.74, 6) is 0. The minimum Gasteiger partial charge on any atom is -0.301 e. The van der Waals surface area contributed by atoms with Crippen LogP contribution in [0.15, 0.2) is 23.1 Å². The van der Waals surface area contributed by atoms with Gasteiger partial charge in [-0.15, -0.1) is 0 Å². The first kappa shape index (κ1) is 9.89. The van der Waals surface area contributed by atoms with Crippen LogP contribution in [0.1, 0.15) is 12.6 Å². The standard InChI is InChI=1S/C12H10N4O/c1-2-9-8-5-14-16-12(17)7-3-6(13)4-10(15-9)11(7)8/h3-5,13H,2H2,1H3,(H,16,17). The van der Waals surface area contributed by atoms with Crippen molar-refractivity contribution in [1.82, 2.24) is 15.2 Å². The van der Waals surface area contributed by atoms with Gasteiger partial charge in [-0.25, -0.2) is 5.10 Å². The van der Waals surface area contributed by atoms with Crippen molar-refractivity contribution in [2.75, 3.05) is 0 Å². The third-order valence-electron chi connectivity index (χ3n) is 2.89. The Morgan fingerprint density at radius 1 is 1.35 bits per heavy atom. The third kappa shape index (κ3) is 1.32. The summed E-state index contributed by atoms with van der Waals surface area (Å²) in [5.41, 5.74) is 1.32. The minimum absolute atomic E-state index is 0.283. The smallest absolute Gasteiger partial charge is 0.272 e. The number of nitrogens with one attached hydrogen (secondary N) is 2. The number of rotatable bonds is 1. The Balaban J connectivity index is 2.75. The van der Waals surface area contributed by atoms with Gasteiger partial charge in [-0.3, -0.25) is 9.78 Å². The normalized spacial score (nSPS) is 11.4. The molecule has 0 saturated carbocycles. The van der Waals surface area contributed by atoms with Gasteiger partial charge in [0, 0.05) is 10.8 Å². The van der Waals surface area contributed by atoms with Crippen molar-refractivity contribution in [3.63, 3.8) is 0 Å². The van der Waals surface area contributed by atoms with Crippen molar-refractivity contribution >= 4 is 21.7 Å². The van der Waals surface area contributed by atoms with E-state index in [1.54, 1.807) is 18.3 Å². The fraction of sp³-hybridized carbons (Fsp3) is 0.167. The van der Waals surface area contributed by atoms with E-state index in [1.165, 1.54) is 0 Å². The number of hydrogen-bond acceptors (Lipinski definition) is 4. The first-order valence-electron chi connectivity index (χ1n) is 5.39. The van der Waals surface area contributed by atoms with Crippen LogP contribution < -0.4 is 10.9 Å². The van der Waals surface area contributed by atoms with Gasteiger partial charge in [0.2, 0.25) is 0 Å². The summed E-state index contributed by atoms with van der Waals surface area (Å²) in [7, 11) is 0. The van der Waals surface area contributed by atoms with E-state index < -0.39 is 0 Å². The summed E-state index contributed by atoms with van der Waals surface area (Å²) in [4.78, 5) is 16.3. The third-order valence-corrected chi connectivity index (χ3v) is 2.89. The Kier molecular flexibility index (Phi) is 1.95. The van der Waals surface area contributed by atoms with Crippen molar-refractivity contribution in [2.45, 2.75) is 13.3 Å². The van der Waals surface area contributed by atoms with Crippen LogP contribution in [0.5, 0.6) is 0 Å². The van der Waals surface area contributed by atoms with Crippen molar-refractivity contribution in [2.24, 2.45) is 0 Å². The zero-order valence-corrected chi connectivity index (χ0v) is 9.24. The molecule has 17 heavy (non-hydrogen) atoms. The first-order chi connectivity index (χ1) is 8.20. The summed E-state index contributed by atoms with van der Waals surface area (Å²) in [6.45, 7) is 2.01. The van der Waals surface area contributed by atoms with E-state index in [4.69, 9.17) is 5.41 Å². The molecule has 0 unspecified atom stereocenters. The number of H-pyrrole nitrogens is 1. The summed E-state index contributed by atoms with van der Waals surface area (Å²) in [6, 6.07) is 3.23. The van der Waals surface area contributed by atoms with Gasteiger partial charge in [-0.2, -0.15) is 5.10 Å². The van der Waals surface area contributed by atoms with Gasteiger partial charge in [0.1, 0.15) is 0 Å². The van der Waals surface area contributed by atoms with E-state index in [0.29, 0.717) is 10.9 Å². The number of aromatic amines is 1. The topological polar surface area (TPSA) is 82.5 Å². The maximum atomic E-state index is 11.8. The van der Waals surface area contributed by atoms with Crippen molar-refractivity contribution < 1.29 is 0 Å². The molecule has 0 radical (unpaired) electrons. The molecule has 0 amide bonds. The molecule has 2 heterocycles. The summed E-state index contributed by atoms with van der Waals surface area (Å²) in [5, 5.41) is 16.4. The molecule has 5 heteroatoms. The fourth-order valence-corrected chi connectivity index (χ4v) is 2.15. The van der Waals surface area contributed by atoms with Gasteiger partial charge in [-0.1, -0.05) is 6.92 Å². The van der Waals surface area contributed by atoms with Crippen LogP contribution >= 0.6 is 0 Å². The lowest BCUT2D eigenvalue weighted by atomic mass is 10.1. The molecule has 0 fully saturated rings. The second-order valence-corrected chi connectivity index (χ2v) is 3.94. The molecule has 0 saturated heterocycles. The molecule has 0 aliphatic heterocycles. The monoisotopic (exact) mass is 226 g/mol. The van der Waals surface area contributed by atoms with Gasteiger partial charge in [-0.05, 0) is 18.6 Å². The van der Waals surface area contributed by atoms with Crippen molar-refractivity contribution in [3.05, 3.63) is 39.7 Å². The highest BCUT2D eigenvalue weighted by molar-refractivity contribution is 6.09. The molecular weight excluding hydrogens is 216 g/mol. The molecule has 0 aliphatic carbocycles. The molecule has 3 aromatic rings. The Hall–Kier alpha value is -2.30. The number of hydrogen-bond donors (Lipinski definition) is 2. The van der Waals surface area contributed by atoms with Gasteiger partial charge >= 0.3 is 0 Å². The van der Waals surface area contributed by atoms with Crippen molar-refractivity contribution in [1.29, 1.82) is 5.41 Å². The van der Waals surface area contributed by atoms with Crippen molar-refractivity contribution in [3.8, 4) is 0 Å². The maximum Gasteiger partial charge on any atom is 0.272 e. The Labute approximate surface area is 96.0 Å². The zero-order chi connectivity index (χ0) is 12.0. The van der Waals surface area contributed by atoms with E-state index >= 15 is 0 Å². The molecule has 0 aliphatic rings. The van der Waals surface area contributed by atoms with Crippen LogP contribution in [0, 0.1) is 5.41 Å². The quantitative estimate of drug-likeness (QED) is 0.648. The molecule has 1 aromatic carbocycles. The molecule has 0 atom stereocenters. The molecule has 0 bridgehead atoms. The second kappa shape index (κ2) is 3.35. The Morgan fingerprint density at radius 2 is 2.18 bits per heavy atom. The van der Waals surface area contributed by atoms with E-state index in [0.717, 1.165) is 22.9 Å². The average molecular weight is 226 g/mol. The lowest BCUT2D eigenvalue weighted by molar-refractivity contribution is 1.02. The predicted octanol–water partition coefficient (Wildman–Crippen LogP) is 0.951. The highest BCUT2D eigenvalue weighted by Gasteiger charge is 2.11. The summed E-state index contributed by atoms with van der Waals surface area (Å²) >= 11 is 0. The Bertz CT molecular complexity index is 822. The van der Waals surface area contributed by atoms with Crippen LogP contribution in [0.4, 0.5) is 0 Å². The summed E-state index contributed by atoms with van der Waals surface area (Å²) in [6.07, 6.45) is 2.41. The first-order valence-corrected chi connectivity index (χ1v) is 5.39. The van der Waals surface area contributed by atoms with Crippen LogP contribution in [0.25, 0.3) is 21.7 Å². The molecule has 5 nitrogen and oxygen atoms in total. The van der Waals surface area contributed by atoms with Crippen LogP contribution in [-0.2, 0) is 6.42 Å². The van der Waals surface area contributed by atoms with E-state index in [2.05, 4.69) is 15.2 Å². The van der Waals surface area contributed by atoms with Gasteiger partial charge in [0.05, 0.1) is 28.2 Å². The van der Waals surface area contributed by atoms with Gasteiger partial charge in [0.25, 0.3) is 5.56 Å². The van der Waals surface area contributed by atoms with Gasteiger partial charge in [0.15, 0.2) is 0 Å². The number of aromatic nitrogens is 3. The second-order valence-electron chi connectivity index (χ2n) is 3.94. The van der Waals surface area contributed by atoms with E-state index in [9.17, 15) is 4.79 Å². The fourth-order valence-electron chi connectivity index (χ4n) is 2.15. The van der Waals surface area contributed by atoms with E-state index in [-0.39, 0.29) is 10.9 Å². The summed E-state index contributed by atoms with van der Waals surface area (Å²) < 4.78 is 0. The molecule has 2 aromatic heterocycles.